The summed E-state index contributed by atoms with van der Waals surface area (Å²) in [5, 5.41) is 5.99. The largest absolute Gasteiger partial charge is 0.363 e. The molecule has 0 radical (unpaired) electrons. The Bertz CT molecular complexity index is 327. The highest BCUT2D eigenvalue weighted by Gasteiger charge is 2.35. The summed E-state index contributed by atoms with van der Waals surface area (Å²) in [5.74, 6) is 0.0763. The van der Waals surface area contributed by atoms with E-state index >= 15 is 0 Å². The van der Waals surface area contributed by atoms with Gasteiger partial charge in [-0.25, -0.2) is 0 Å². The van der Waals surface area contributed by atoms with Crippen molar-refractivity contribution in [3.8, 4) is 0 Å². The molecule has 2 N–H and O–H groups in total. The van der Waals surface area contributed by atoms with Gasteiger partial charge in [0, 0.05) is 39.1 Å². The highest BCUT2D eigenvalue weighted by atomic mass is 16.5. The van der Waals surface area contributed by atoms with Gasteiger partial charge in [0.2, 0.25) is 5.91 Å². The molecule has 1 unspecified atom stereocenters. The van der Waals surface area contributed by atoms with Crippen molar-refractivity contribution in [3.63, 3.8) is 0 Å². The smallest absolute Gasteiger partial charge is 0.253 e. The van der Waals surface area contributed by atoms with Crippen LogP contribution in [-0.4, -0.2) is 61.6 Å². The standard InChI is InChI=1S/C12H21N3O3/c1-12(9-13-5-8-18-12)11(17)14-4-7-15-6-2-3-10(15)16/h13H,2-9H2,1H3,(H,14,17). The van der Waals surface area contributed by atoms with Crippen molar-refractivity contribution in [1.29, 1.82) is 0 Å². The number of hydrogen-bond acceptors (Lipinski definition) is 4. The number of rotatable bonds is 4. The molecule has 0 aromatic rings. The first-order valence-electron chi connectivity index (χ1n) is 6.52. The van der Waals surface area contributed by atoms with Gasteiger partial charge in [-0.1, -0.05) is 0 Å². The Morgan fingerprint density at radius 1 is 1.61 bits per heavy atom. The number of nitrogens with one attached hydrogen (secondary N) is 2. The summed E-state index contributed by atoms with van der Waals surface area (Å²) < 4.78 is 5.52. The predicted molar refractivity (Wildman–Crippen MR) is 66.1 cm³/mol. The average molecular weight is 255 g/mol. The molecule has 2 heterocycles. The Morgan fingerprint density at radius 2 is 2.44 bits per heavy atom. The molecule has 0 aliphatic carbocycles. The van der Waals surface area contributed by atoms with E-state index in [0.29, 0.717) is 32.7 Å². The molecule has 2 aliphatic rings. The molecule has 0 aromatic carbocycles. The van der Waals surface area contributed by atoms with Crippen LogP contribution in [-0.2, 0) is 14.3 Å². The first kappa shape index (κ1) is 13.3. The van der Waals surface area contributed by atoms with Crippen LogP contribution in [0.1, 0.15) is 19.8 Å². The predicted octanol–water partition coefficient (Wildman–Crippen LogP) is -0.896. The van der Waals surface area contributed by atoms with Crippen LogP contribution in [0, 0.1) is 0 Å². The molecule has 0 saturated carbocycles. The Balaban J connectivity index is 1.72. The summed E-state index contributed by atoms with van der Waals surface area (Å²) in [4.78, 5) is 25.2. The van der Waals surface area contributed by atoms with Crippen molar-refractivity contribution < 1.29 is 14.3 Å². The number of likely N-dealkylation sites (tertiary alicyclic amines) is 1. The van der Waals surface area contributed by atoms with Crippen molar-refractivity contribution in [2.75, 3.05) is 39.3 Å². The quantitative estimate of drug-likeness (QED) is 0.683. The maximum absolute atomic E-state index is 12.0. The van der Waals surface area contributed by atoms with Crippen LogP contribution >= 0.6 is 0 Å². The molecule has 18 heavy (non-hydrogen) atoms. The highest BCUT2D eigenvalue weighted by molar-refractivity contribution is 5.85. The summed E-state index contributed by atoms with van der Waals surface area (Å²) >= 11 is 0. The van der Waals surface area contributed by atoms with E-state index in [-0.39, 0.29) is 11.8 Å². The maximum Gasteiger partial charge on any atom is 0.253 e. The third-order valence-corrected chi connectivity index (χ3v) is 3.48. The minimum absolute atomic E-state index is 0.110. The second-order valence-electron chi connectivity index (χ2n) is 5.00. The van der Waals surface area contributed by atoms with Crippen LogP contribution in [0.2, 0.25) is 0 Å². The molecule has 6 nitrogen and oxygen atoms in total. The van der Waals surface area contributed by atoms with E-state index in [4.69, 9.17) is 4.74 Å². The zero-order valence-electron chi connectivity index (χ0n) is 10.8. The van der Waals surface area contributed by atoms with Gasteiger partial charge in [-0.2, -0.15) is 0 Å². The van der Waals surface area contributed by atoms with Crippen LogP contribution in [0.5, 0.6) is 0 Å². The molecule has 2 saturated heterocycles. The number of ether oxygens (including phenoxy) is 1. The molecule has 2 amide bonds. The summed E-state index contributed by atoms with van der Waals surface area (Å²) in [6, 6.07) is 0. The number of carbonyl (C=O) groups is 2. The molecule has 2 rings (SSSR count). The van der Waals surface area contributed by atoms with Crippen molar-refractivity contribution in [1.82, 2.24) is 15.5 Å². The summed E-state index contributed by atoms with van der Waals surface area (Å²) in [7, 11) is 0. The third-order valence-electron chi connectivity index (χ3n) is 3.48. The van der Waals surface area contributed by atoms with E-state index in [2.05, 4.69) is 10.6 Å². The second-order valence-corrected chi connectivity index (χ2v) is 5.00. The topological polar surface area (TPSA) is 70.7 Å². The molecule has 2 aliphatic heterocycles. The van der Waals surface area contributed by atoms with Crippen molar-refractivity contribution >= 4 is 11.8 Å². The molecule has 1 atom stereocenters. The first-order chi connectivity index (χ1) is 8.62. The lowest BCUT2D eigenvalue weighted by atomic mass is 10.0. The fourth-order valence-corrected chi connectivity index (χ4v) is 2.30. The van der Waals surface area contributed by atoms with Gasteiger partial charge in [0.15, 0.2) is 5.60 Å². The Hall–Kier alpha value is -1.14. The molecule has 2 fully saturated rings. The molecular weight excluding hydrogens is 234 g/mol. The average Bonchev–Trinajstić information content (AvgIpc) is 2.76. The number of nitrogens with zero attached hydrogens (tertiary/aromatic N) is 1. The van der Waals surface area contributed by atoms with Gasteiger partial charge in [0.05, 0.1) is 6.61 Å². The zero-order chi connectivity index (χ0) is 13.0. The van der Waals surface area contributed by atoms with Crippen molar-refractivity contribution in [2.45, 2.75) is 25.4 Å². The Morgan fingerprint density at radius 3 is 3.06 bits per heavy atom. The van der Waals surface area contributed by atoms with E-state index in [1.807, 2.05) is 0 Å². The molecule has 0 aromatic heterocycles. The fraction of sp³-hybridized carbons (Fsp3) is 0.833. The molecule has 0 bridgehead atoms. The molecule has 0 spiro atoms. The van der Waals surface area contributed by atoms with Crippen molar-refractivity contribution in [3.05, 3.63) is 0 Å². The second kappa shape index (κ2) is 5.67. The lowest BCUT2D eigenvalue weighted by Gasteiger charge is -2.33. The lowest BCUT2D eigenvalue weighted by molar-refractivity contribution is -0.148. The number of carbonyl (C=O) groups excluding carboxylic acids is 2. The van der Waals surface area contributed by atoms with Gasteiger partial charge < -0.3 is 20.3 Å². The third kappa shape index (κ3) is 3.00. The van der Waals surface area contributed by atoms with E-state index in [9.17, 15) is 9.59 Å². The van der Waals surface area contributed by atoms with E-state index in [0.717, 1.165) is 19.5 Å². The zero-order valence-corrected chi connectivity index (χ0v) is 10.8. The van der Waals surface area contributed by atoms with Crippen LogP contribution in [0.15, 0.2) is 0 Å². The minimum Gasteiger partial charge on any atom is -0.363 e. The fourth-order valence-electron chi connectivity index (χ4n) is 2.30. The summed E-state index contributed by atoms with van der Waals surface area (Å²) in [6.45, 7) is 5.54. The minimum atomic E-state index is -0.784. The van der Waals surface area contributed by atoms with E-state index < -0.39 is 5.60 Å². The molecule has 6 heteroatoms. The van der Waals surface area contributed by atoms with Gasteiger partial charge in [-0.15, -0.1) is 0 Å². The van der Waals surface area contributed by atoms with Crippen LogP contribution < -0.4 is 10.6 Å². The monoisotopic (exact) mass is 255 g/mol. The van der Waals surface area contributed by atoms with Gasteiger partial charge in [-0.05, 0) is 13.3 Å². The Kier molecular flexibility index (Phi) is 4.19. The van der Waals surface area contributed by atoms with Crippen LogP contribution in [0.4, 0.5) is 0 Å². The van der Waals surface area contributed by atoms with E-state index in [1.54, 1.807) is 11.8 Å². The van der Waals surface area contributed by atoms with Crippen molar-refractivity contribution in [2.24, 2.45) is 0 Å². The van der Waals surface area contributed by atoms with Gasteiger partial charge in [0.1, 0.15) is 0 Å². The summed E-state index contributed by atoms with van der Waals surface area (Å²) in [5.41, 5.74) is -0.784. The number of amides is 2. The van der Waals surface area contributed by atoms with Crippen LogP contribution in [0.3, 0.4) is 0 Å². The van der Waals surface area contributed by atoms with Gasteiger partial charge in [-0.3, -0.25) is 9.59 Å². The van der Waals surface area contributed by atoms with Gasteiger partial charge in [0.25, 0.3) is 5.91 Å². The lowest BCUT2D eigenvalue weighted by Crippen LogP contribution is -2.57. The summed E-state index contributed by atoms with van der Waals surface area (Å²) in [6.07, 6.45) is 1.57. The van der Waals surface area contributed by atoms with Gasteiger partial charge >= 0.3 is 0 Å². The Labute approximate surface area is 107 Å². The maximum atomic E-state index is 12.0. The molecule has 102 valence electrons. The first-order valence-corrected chi connectivity index (χ1v) is 6.52. The SMILES string of the molecule is CC1(C(=O)NCCN2CCCC2=O)CNCCO1. The normalized spacial score (nSPS) is 28.5. The number of hydrogen-bond donors (Lipinski definition) is 2. The molecular formula is C12H21N3O3. The van der Waals surface area contributed by atoms with Crippen LogP contribution in [0.25, 0.3) is 0 Å². The highest BCUT2D eigenvalue weighted by Crippen LogP contribution is 2.12. The number of morpholine rings is 1. The van der Waals surface area contributed by atoms with E-state index in [1.165, 1.54) is 0 Å².